The molecule has 0 saturated heterocycles. The van der Waals surface area contributed by atoms with Gasteiger partial charge in [0, 0.05) is 35.8 Å². The Kier molecular flexibility index (Phi) is 2.82. The number of likely N-dealkylation sites (N-methyl/N-ethyl adjacent to an activating group) is 1. The Balaban J connectivity index is 1.75. The Morgan fingerprint density at radius 1 is 1.35 bits per heavy atom. The van der Waals surface area contributed by atoms with Crippen molar-refractivity contribution >= 4 is 17.0 Å². The fourth-order valence-electron chi connectivity index (χ4n) is 3.27. The summed E-state index contributed by atoms with van der Waals surface area (Å²) in [5.74, 6) is 0. The summed E-state index contributed by atoms with van der Waals surface area (Å²) in [6, 6.07) is 6.90. The number of aryl methyl sites for hydroxylation is 1. The minimum absolute atomic E-state index is 0.143. The highest BCUT2D eigenvalue weighted by Crippen LogP contribution is 2.38. The predicted octanol–water partition coefficient (Wildman–Crippen LogP) is 3.14. The molecular formula is C16H19N3S. The van der Waals surface area contributed by atoms with Gasteiger partial charge in [-0.15, -0.1) is 11.3 Å². The van der Waals surface area contributed by atoms with E-state index in [9.17, 15) is 0 Å². The molecule has 0 saturated carbocycles. The summed E-state index contributed by atoms with van der Waals surface area (Å²) in [4.78, 5) is 8.55. The van der Waals surface area contributed by atoms with Gasteiger partial charge in [0.25, 0.3) is 0 Å². The van der Waals surface area contributed by atoms with Crippen LogP contribution in [-0.2, 0) is 12.8 Å². The van der Waals surface area contributed by atoms with Gasteiger partial charge in [0.2, 0.25) is 0 Å². The van der Waals surface area contributed by atoms with E-state index in [0.29, 0.717) is 0 Å². The normalized spacial score (nSPS) is 20.9. The highest BCUT2D eigenvalue weighted by atomic mass is 32.1. The van der Waals surface area contributed by atoms with Gasteiger partial charge in [0.05, 0.1) is 5.69 Å². The van der Waals surface area contributed by atoms with Crippen LogP contribution in [0, 0.1) is 0 Å². The van der Waals surface area contributed by atoms with Crippen LogP contribution in [0.15, 0.2) is 18.2 Å². The lowest BCUT2D eigenvalue weighted by atomic mass is 9.99. The molecule has 2 N–H and O–H groups in total. The Labute approximate surface area is 123 Å². The molecule has 2 aliphatic rings. The average molecular weight is 285 g/mol. The van der Waals surface area contributed by atoms with E-state index in [1.807, 2.05) is 11.3 Å². The van der Waals surface area contributed by atoms with E-state index in [0.717, 1.165) is 36.5 Å². The minimum Gasteiger partial charge on any atom is -0.374 e. The lowest BCUT2D eigenvalue weighted by Gasteiger charge is -2.15. The summed E-state index contributed by atoms with van der Waals surface area (Å²) < 4.78 is 0. The second-order valence-electron chi connectivity index (χ2n) is 5.84. The second-order valence-corrected chi connectivity index (χ2v) is 6.92. The van der Waals surface area contributed by atoms with Crippen LogP contribution in [0.25, 0.3) is 10.6 Å². The molecule has 0 amide bonds. The maximum absolute atomic E-state index is 6.18. The number of fused-ring (bicyclic) bond motifs is 2. The van der Waals surface area contributed by atoms with Gasteiger partial charge in [-0.2, -0.15) is 0 Å². The number of benzene rings is 1. The van der Waals surface area contributed by atoms with Crippen molar-refractivity contribution in [2.24, 2.45) is 5.73 Å². The number of aromatic nitrogens is 1. The first-order valence-corrected chi connectivity index (χ1v) is 8.13. The van der Waals surface area contributed by atoms with Crippen LogP contribution in [-0.4, -0.2) is 18.6 Å². The van der Waals surface area contributed by atoms with Crippen molar-refractivity contribution in [1.82, 2.24) is 4.98 Å². The number of hydrogen-bond acceptors (Lipinski definition) is 4. The molecule has 1 aromatic carbocycles. The Hall–Kier alpha value is -1.39. The Morgan fingerprint density at radius 2 is 2.25 bits per heavy atom. The smallest absolute Gasteiger partial charge is 0.123 e. The molecule has 4 rings (SSSR count). The maximum Gasteiger partial charge on any atom is 0.123 e. The van der Waals surface area contributed by atoms with Crippen LogP contribution < -0.4 is 10.6 Å². The number of nitrogens with two attached hydrogens (primary N) is 1. The van der Waals surface area contributed by atoms with Crippen molar-refractivity contribution in [3.05, 3.63) is 34.3 Å². The molecule has 1 unspecified atom stereocenters. The third-order valence-corrected chi connectivity index (χ3v) is 5.63. The highest BCUT2D eigenvalue weighted by Gasteiger charge is 2.23. The van der Waals surface area contributed by atoms with Crippen molar-refractivity contribution in [2.75, 3.05) is 18.5 Å². The highest BCUT2D eigenvalue weighted by molar-refractivity contribution is 7.15. The maximum atomic E-state index is 6.18. The fourth-order valence-corrected chi connectivity index (χ4v) is 4.45. The van der Waals surface area contributed by atoms with E-state index >= 15 is 0 Å². The third kappa shape index (κ3) is 1.86. The zero-order chi connectivity index (χ0) is 13.7. The van der Waals surface area contributed by atoms with Crippen LogP contribution in [0.2, 0.25) is 0 Å². The monoisotopic (exact) mass is 285 g/mol. The molecule has 4 heteroatoms. The molecular weight excluding hydrogens is 266 g/mol. The standard InChI is InChI=1S/C16H19N3S/c1-19-8-7-10-9-11(5-6-13(10)19)16-18-15-12(17)3-2-4-14(15)20-16/h5-6,9,12H,2-4,7-8,17H2,1H3. The molecule has 0 bridgehead atoms. The van der Waals surface area contributed by atoms with Crippen LogP contribution >= 0.6 is 11.3 Å². The predicted molar refractivity (Wildman–Crippen MR) is 84.4 cm³/mol. The molecule has 1 atom stereocenters. The molecule has 3 nitrogen and oxygen atoms in total. The van der Waals surface area contributed by atoms with Gasteiger partial charge in [0.15, 0.2) is 0 Å². The van der Waals surface area contributed by atoms with E-state index in [1.165, 1.54) is 28.1 Å². The lowest BCUT2D eigenvalue weighted by Crippen LogP contribution is -2.16. The molecule has 1 aliphatic carbocycles. The first kappa shape index (κ1) is 12.4. The molecule has 0 fully saturated rings. The van der Waals surface area contributed by atoms with E-state index in [4.69, 9.17) is 10.7 Å². The van der Waals surface area contributed by atoms with Gasteiger partial charge in [-0.25, -0.2) is 4.98 Å². The molecule has 1 aromatic heterocycles. The Morgan fingerprint density at radius 3 is 3.10 bits per heavy atom. The number of nitrogens with zero attached hydrogens (tertiary/aromatic N) is 2. The van der Waals surface area contributed by atoms with Crippen molar-refractivity contribution < 1.29 is 0 Å². The van der Waals surface area contributed by atoms with Gasteiger partial charge in [-0.05, 0) is 49.4 Å². The van der Waals surface area contributed by atoms with Crippen LogP contribution in [0.1, 0.15) is 35.0 Å². The molecule has 1 aliphatic heterocycles. The summed E-state index contributed by atoms with van der Waals surface area (Å²) in [7, 11) is 2.16. The number of rotatable bonds is 1. The fraction of sp³-hybridized carbons (Fsp3) is 0.438. The summed E-state index contributed by atoms with van der Waals surface area (Å²) >= 11 is 1.83. The summed E-state index contributed by atoms with van der Waals surface area (Å²) in [5.41, 5.74) is 11.4. The van der Waals surface area contributed by atoms with Crippen LogP contribution in [0.3, 0.4) is 0 Å². The first-order chi connectivity index (χ1) is 9.72. The number of hydrogen-bond donors (Lipinski definition) is 1. The van der Waals surface area contributed by atoms with Crippen molar-refractivity contribution in [1.29, 1.82) is 0 Å². The van der Waals surface area contributed by atoms with E-state index in [-0.39, 0.29) is 6.04 Å². The largest absolute Gasteiger partial charge is 0.374 e. The first-order valence-electron chi connectivity index (χ1n) is 7.32. The molecule has 2 aromatic rings. The molecule has 20 heavy (non-hydrogen) atoms. The zero-order valence-corrected chi connectivity index (χ0v) is 12.5. The van der Waals surface area contributed by atoms with Gasteiger partial charge in [-0.1, -0.05) is 0 Å². The molecule has 0 spiro atoms. The van der Waals surface area contributed by atoms with Crippen LogP contribution in [0.4, 0.5) is 5.69 Å². The van der Waals surface area contributed by atoms with E-state index in [2.05, 4.69) is 30.1 Å². The molecule has 2 heterocycles. The van der Waals surface area contributed by atoms with Crippen molar-refractivity contribution in [3.63, 3.8) is 0 Å². The van der Waals surface area contributed by atoms with E-state index < -0.39 is 0 Å². The molecule has 0 radical (unpaired) electrons. The van der Waals surface area contributed by atoms with Crippen molar-refractivity contribution in [2.45, 2.75) is 31.7 Å². The average Bonchev–Trinajstić information content (AvgIpc) is 3.04. The SMILES string of the molecule is CN1CCc2cc(-c3nc4c(s3)CCCC4N)ccc21. The summed E-state index contributed by atoms with van der Waals surface area (Å²) in [5, 5.41) is 1.14. The quantitative estimate of drug-likeness (QED) is 0.875. The minimum atomic E-state index is 0.143. The van der Waals surface area contributed by atoms with E-state index in [1.54, 1.807) is 0 Å². The topological polar surface area (TPSA) is 42.2 Å². The second kappa shape index (κ2) is 4.57. The van der Waals surface area contributed by atoms with Crippen LogP contribution in [0.5, 0.6) is 0 Å². The Bertz CT molecular complexity index is 662. The summed E-state index contributed by atoms with van der Waals surface area (Å²) in [6.07, 6.45) is 4.56. The van der Waals surface area contributed by atoms with Crippen molar-refractivity contribution in [3.8, 4) is 10.6 Å². The lowest BCUT2D eigenvalue weighted by molar-refractivity contribution is 0.564. The third-order valence-electron chi connectivity index (χ3n) is 4.45. The molecule has 104 valence electrons. The van der Waals surface area contributed by atoms with Gasteiger partial charge >= 0.3 is 0 Å². The van der Waals surface area contributed by atoms with Gasteiger partial charge in [-0.3, -0.25) is 0 Å². The van der Waals surface area contributed by atoms with Gasteiger partial charge in [0.1, 0.15) is 5.01 Å². The summed E-state index contributed by atoms with van der Waals surface area (Å²) in [6.45, 7) is 1.12. The zero-order valence-electron chi connectivity index (χ0n) is 11.7. The number of anilines is 1. The number of thiazole rings is 1. The van der Waals surface area contributed by atoms with Gasteiger partial charge < -0.3 is 10.6 Å².